The fourth-order valence-electron chi connectivity index (χ4n) is 0.442. The number of hydrogen-bond donors (Lipinski definition) is 0. The van der Waals surface area contributed by atoms with Gasteiger partial charge in [-0.2, -0.15) is 13.1 Å². The summed E-state index contributed by atoms with van der Waals surface area (Å²) in [7, 11) is -4.09. The maximum Gasteiger partial charge on any atom is 0.356 e. The Balaban J connectivity index is 2.72. The van der Waals surface area contributed by atoms with Crippen molar-refractivity contribution in [3.05, 3.63) is 18.7 Å². The zero-order valence-corrected chi connectivity index (χ0v) is 6.16. The number of aromatic nitrogens is 2. The summed E-state index contributed by atoms with van der Waals surface area (Å²) in [5.74, 6) is 0. The van der Waals surface area contributed by atoms with E-state index in [4.69, 9.17) is 0 Å². The summed E-state index contributed by atoms with van der Waals surface area (Å²) in [6, 6.07) is -1.55. The summed E-state index contributed by atoms with van der Waals surface area (Å²) in [5.41, 5.74) is 0. The maximum atomic E-state index is 11.6. The van der Waals surface area contributed by atoms with Crippen molar-refractivity contribution in [3.63, 3.8) is 0 Å². The Bertz CT molecular complexity index is 306. The number of halogens is 1. The highest BCUT2D eigenvalue weighted by molar-refractivity contribution is 7.86. The zero-order chi connectivity index (χ0) is 8.32. The Morgan fingerprint density at radius 2 is 2.36 bits per heavy atom. The third-order valence-electron chi connectivity index (χ3n) is 0.813. The van der Waals surface area contributed by atoms with Crippen LogP contribution < -0.4 is 4.28 Å². The predicted molar refractivity (Wildman–Crippen MR) is 33.7 cm³/mol. The zero-order valence-electron chi connectivity index (χ0n) is 5.34. The molecule has 62 valence electrons. The molecule has 0 unspecified atom stereocenters. The molecule has 1 aromatic rings. The molecule has 0 aliphatic carbocycles. The molecule has 0 N–H and O–H groups in total. The molecule has 0 saturated heterocycles. The van der Waals surface area contributed by atoms with E-state index in [1.54, 1.807) is 0 Å². The lowest BCUT2D eigenvalue weighted by Crippen LogP contribution is -2.19. The van der Waals surface area contributed by atoms with Gasteiger partial charge in [-0.05, 0) is 0 Å². The van der Waals surface area contributed by atoms with Crippen LogP contribution >= 0.6 is 0 Å². The second kappa shape index (κ2) is 2.87. The van der Waals surface area contributed by atoms with Gasteiger partial charge in [-0.1, -0.05) is 0 Å². The number of rotatable bonds is 3. The normalized spacial score (nSPS) is 11.4. The van der Waals surface area contributed by atoms with E-state index in [2.05, 4.69) is 9.27 Å². The molecule has 0 bridgehead atoms. The first-order valence-electron chi connectivity index (χ1n) is 2.60. The van der Waals surface area contributed by atoms with Gasteiger partial charge in [0.25, 0.3) is 0 Å². The molecule has 1 aromatic heterocycles. The molecule has 7 heteroatoms. The fourth-order valence-corrected chi connectivity index (χ4v) is 0.832. The fraction of sp³-hybridized carbons (Fsp3) is 0.250. The van der Waals surface area contributed by atoms with Crippen LogP contribution in [-0.2, 0) is 10.1 Å². The molecule has 1 heterocycles. The highest BCUT2D eigenvalue weighted by atomic mass is 32.2. The maximum absolute atomic E-state index is 11.6. The highest BCUT2D eigenvalue weighted by Gasteiger charge is 2.10. The average molecular weight is 180 g/mol. The lowest BCUT2D eigenvalue weighted by atomic mass is 11.0. The molecule has 0 aliphatic rings. The van der Waals surface area contributed by atoms with Gasteiger partial charge in [-0.3, -0.25) is 4.28 Å². The van der Waals surface area contributed by atoms with E-state index in [9.17, 15) is 12.8 Å². The van der Waals surface area contributed by atoms with Crippen molar-refractivity contribution in [1.82, 2.24) is 9.71 Å². The van der Waals surface area contributed by atoms with Gasteiger partial charge in [-0.15, -0.1) is 0 Å². The lowest BCUT2D eigenvalue weighted by Gasteiger charge is -2.00. The average Bonchev–Trinajstić information content (AvgIpc) is 2.39. The largest absolute Gasteiger partial charge is 0.356 e. The van der Waals surface area contributed by atoms with Crippen molar-refractivity contribution < 1.29 is 17.1 Å². The van der Waals surface area contributed by atoms with Crippen molar-refractivity contribution in [1.29, 1.82) is 0 Å². The molecule has 0 aromatic carbocycles. The van der Waals surface area contributed by atoms with E-state index < -0.39 is 16.1 Å². The summed E-state index contributed by atoms with van der Waals surface area (Å²) in [6.45, 7) is 0. The molecule has 0 spiro atoms. The number of hydrogen-bond acceptors (Lipinski definition) is 4. The standard InChI is InChI=1S/C4H5FN2O3S/c5-3-11(8,9)10-7-2-1-6-4-7/h1-2,4H,3H2. The molecule has 0 saturated carbocycles. The van der Waals surface area contributed by atoms with Gasteiger partial charge in [0.15, 0.2) is 0 Å². The molecule has 0 aliphatic heterocycles. The van der Waals surface area contributed by atoms with Gasteiger partial charge in [0.2, 0.25) is 6.01 Å². The van der Waals surface area contributed by atoms with Crippen LogP contribution in [0.3, 0.4) is 0 Å². The molecular formula is C4H5FN2O3S. The quantitative estimate of drug-likeness (QED) is 0.633. The van der Waals surface area contributed by atoms with Crippen molar-refractivity contribution >= 4 is 10.1 Å². The van der Waals surface area contributed by atoms with Crippen LogP contribution in [0.4, 0.5) is 4.39 Å². The van der Waals surface area contributed by atoms with Crippen LogP contribution in [0.25, 0.3) is 0 Å². The minimum atomic E-state index is -4.09. The Morgan fingerprint density at radius 3 is 2.82 bits per heavy atom. The molecule has 1 rings (SSSR count). The first-order valence-corrected chi connectivity index (χ1v) is 4.18. The molecule has 0 fully saturated rings. The Morgan fingerprint density at radius 1 is 1.64 bits per heavy atom. The smallest absolute Gasteiger partial charge is 0.285 e. The first-order chi connectivity index (χ1) is 5.14. The minimum Gasteiger partial charge on any atom is -0.285 e. The number of nitrogens with zero attached hydrogens (tertiary/aromatic N) is 2. The van der Waals surface area contributed by atoms with Crippen LogP contribution in [0, 0.1) is 0 Å². The Kier molecular flexibility index (Phi) is 2.08. The number of alkyl halides is 1. The third-order valence-corrected chi connectivity index (χ3v) is 1.48. The molecule has 0 atom stereocenters. The van der Waals surface area contributed by atoms with Crippen molar-refractivity contribution in [2.45, 2.75) is 0 Å². The summed E-state index contributed by atoms with van der Waals surface area (Å²) in [6.07, 6.45) is 3.66. The van der Waals surface area contributed by atoms with Gasteiger partial charge < -0.3 is 0 Å². The van der Waals surface area contributed by atoms with Crippen molar-refractivity contribution in [2.75, 3.05) is 6.01 Å². The molecule has 11 heavy (non-hydrogen) atoms. The van der Waals surface area contributed by atoms with E-state index in [1.165, 1.54) is 12.4 Å². The van der Waals surface area contributed by atoms with E-state index in [-0.39, 0.29) is 0 Å². The van der Waals surface area contributed by atoms with Crippen LogP contribution in [0.2, 0.25) is 0 Å². The summed E-state index contributed by atoms with van der Waals surface area (Å²) >= 11 is 0. The van der Waals surface area contributed by atoms with E-state index in [1.807, 2.05) is 0 Å². The summed E-state index contributed by atoms with van der Waals surface area (Å²) in [4.78, 5) is 3.49. The monoisotopic (exact) mass is 180 g/mol. The van der Waals surface area contributed by atoms with E-state index >= 15 is 0 Å². The van der Waals surface area contributed by atoms with Crippen LogP contribution in [0.15, 0.2) is 18.7 Å². The topological polar surface area (TPSA) is 61.2 Å². The van der Waals surface area contributed by atoms with Crippen molar-refractivity contribution in [2.24, 2.45) is 0 Å². The van der Waals surface area contributed by atoms with Gasteiger partial charge in [-0.25, -0.2) is 9.37 Å². The highest BCUT2D eigenvalue weighted by Crippen LogP contribution is 1.90. The van der Waals surface area contributed by atoms with Crippen molar-refractivity contribution in [3.8, 4) is 0 Å². The molecule has 0 radical (unpaired) electrons. The first kappa shape index (κ1) is 7.99. The SMILES string of the molecule is O=S(=O)(CF)On1ccnc1. The Labute approximate surface area is 62.5 Å². The predicted octanol–water partition coefficient (Wildman–Crippen LogP) is -0.431. The van der Waals surface area contributed by atoms with Crippen LogP contribution in [0.5, 0.6) is 0 Å². The second-order valence-electron chi connectivity index (χ2n) is 1.66. The van der Waals surface area contributed by atoms with Crippen LogP contribution in [-0.4, -0.2) is 24.1 Å². The van der Waals surface area contributed by atoms with Gasteiger partial charge in [0.1, 0.15) is 6.33 Å². The Hall–Kier alpha value is -1.11. The third kappa shape index (κ3) is 2.19. The summed E-state index contributed by atoms with van der Waals surface area (Å²) in [5, 5.41) is 0. The summed E-state index contributed by atoms with van der Waals surface area (Å²) < 4.78 is 37.4. The molecular weight excluding hydrogens is 175 g/mol. The minimum absolute atomic E-state index is 0.801. The molecule has 0 amide bonds. The lowest BCUT2D eigenvalue weighted by molar-refractivity contribution is 0.271. The van der Waals surface area contributed by atoms with Crippen LogP contribution in [0.1, 0.15) is 0 Å². The van der Waals surface area contributed by atoms with Gasteiger partial charge >= 0.3 is 10.1 Å². The van der Waals surface area contributed by atoms with E-state index in [0.29, 0.717) is 0 Å². The van der Waals surface area contributed by atoms with Gasteiger partial charge in [0, 0.05) is 6.20 Å². The van der Waals surface area contributed by atoms with Gasteiger partial charge in [0.05, 0.1) is 6.20 Å². The van der Waals surface area contributed by atoms with E-state index in [0.717, 1.165) is 11.1 Å². The second-order valence-corrected chi connectivity index (χ2v) is 3.15. The number of imidazole rings is 1. The molecule has 5 nitrogen and oxygen atoms in total.